The van der Waals surface area contributed by atoms with Crippen LogP contribution < -0.4 is 5.56 Å². The first-order valence-corrected chi connectivity index (χ1v) is 9.07. The highest BCUT2D eigenvalue weighted by molar-refractivity contribution is 8.01. The van der Waals surface area contributed by atoms with Crippen LogP contribution in [0.5, 0.6) is 0 Å². The molecule has 1 aromatic carbocycles. The van der Waals surface area contributed by atoms with Crippen LogP contribution >= 0.6 is 23.1 Å². The Morgan fingerprint density at radius 2 is 1.88 bits per heavy atom. The van der Waals surface area contributed by atoms with Gasteiger partial charge in [-0.25, -0.2) is 9.67 Å². The molecule has 9 heteroatoms. The molecule has 132 valence electrons. The minimum Gasteiger partial charge on any atom is -0.268 e. The smallest absolute Gasteiger partial charge is 0.268 e. The number of rotatable bonds is 4. The van der Waals surface area contributed by atoms with Gasteiger partial charge in [0.2, 0.25) is 5.13 Å². The molecule has 4 nitrogen and oxygen atoms in total. The van der Waals surface area contributed by atoms with E-state index >= 15 is 0 Å². The lowest BCUT2D eigenvalue weighted by Gasteiger charge is -2.08. The summed E-state index contributed by atoms with van der Waals surface area (Å²) in [5, 5.41) is 3.46. The number of halogens is 3. The molecule has 0 fully saturated rings. The average molecular weight is 385 g/mol. The predicted octanol–water partition coefficient (Wildman–Crippen LogP) is 4.81. The lowest BCUT2D eigenvalue weighted by atomic mass is 10.1. The Kier molecular flexibility index (Phi) is 4.79. The van der Waals surface area contributed by atoms with Gasteiger partial charge in [0, 0.05) is 23.1 Å². The largest absolute Gasteiger partial charge is 0.416 e. The summed E-state index contributed by atoms with van der Waals surface area (Å²) in [4.78, 5) is 15.8. The van der Waals surface area contributed by atoms with Crippen molar-refractivity contribution in [3.63, 3.8) is 0 Å². The molecule has 3 rings (SSSR count). The van der Waals surface area contributed by atoms with Gasteiger partial charge in [-0.15, -0.1) is 11.8 Å². The molecule has 2 aromatic heterocycles. The summed E-state index contributed by atoms with van der Waals surface area (Å²) in [6.45, 7) is 4.05. The lowest BCUT2D eigenvalue weighted by Crippen LogP contribution is -2.04. The Morgan fingerprint density at radius 3 is 2.40 bits per heavy atom. The van der Waals surface area contributed by atoms with Crippen LogP contribution in [-0.2, 0) is 6.18 Å². The van der Waals surface area contributed by atoms with Gasteiger partial charge in [0.15, 0.2) is 0 Å². The van der Waals surface area contributed by atoms with Crippen LogP contribution in [-0.4, -0.2) is 20.0 Å². The second-order valence-electron chi connectivity index (χ2n) is 5.54. The zero-order chi connectivity index (χ0) is 18.2. The van der Waals surface area contributed by atoms with Crippen molar-refractivity contribution in [2.24, 2.45) is 0 Å². The predicted molar refractivity (Wildman–Crippen MR) is 93.5 cm³/mol. The molecule has 3 aromatic rings. The van der Waals surface area contributed by atoms with Gasteiger partial charge in [-0.1, -0.05) is 37.3 Å². The van der Waals surface area contributed by atoms with E-state index in [0.717, 1.165) is 16.3 Å². The topological polar surface area (TPSA) is 50.7 Å². The van der Waals surface area contributed by atoms with Gasteiger partial charge < -0.3 is 0 Å². The number of benzene rings is 1. The van der Waals surface area contributed by atoms with E-state index in [0.29, 0.717) is 16.4 Å². The van der Waals surface area contributed by atoms with Gasteiger partial charge >= 0.3 is 6.18 Å². The number of hydrogen-bond acceptors (Lipinski definition) is 4. The molecular weight excluding hydrogens is 371 g/mol. The van der Waals surface area contributed by atoms with E-state index in [1.54, 1.807) is 18.0 Å². The summed E-state index contributed by atoms with van der Waals surface area (Å²) < 4.78 is 40.6. The molecule has 0 amide bonds. The SMILES string of the molecule is CC(C)Sc1sc(-n2ccc(=O)[nH]2)nc1-c1ccc(C(F)(F)F)cc1. The Labute approximate surface area is 149 Å². The Bertz CT molecular complexity index is 923. The molecule has 25 heavy (non-hydrogen) atoms. The van der Waals surface area contributed by atoms with Crippen LogP contribution in [0.25, 0.3) is 16.4 Å². The number of thioether (sulfide) groups is 1. The Hall–Kier alpha value is -2.00. The van der Waals surface area contributed by atoms with Gasteiger partial charge in [-0.3, -0.25) is 9.89 Å². The van der Waals surface area contributed by atoms with Crippen LogP contribution in [0.4, 0.5) is 13.2 Å². The lowest BCUT2D eigenvalue weighted by molar-refractivity contribution is -0.137. The minimum absolute atomic E-state index is 0.246. The summed E-state index contributed by atoms with van der Waals surface area (Å²) in [5.41, 5.74) is 0.277. The van der Waals surface area contributed by atoms with E-state index in [1.807, 2.05) is 13.8 Å². The molecule has 0 atom stereocenters. The number of nitrogens with zero attached hydrogens (tertiary/aromatic N) is 2. The number of aromatic amines is 1. The van der Waals surface area contributed by atoms with E-state index in [-0.39, 0.29) is 10.8 Å². The highest BCUT2D eigenvalue weighted by Gasteiger charge is 2.30. The molecule has 0 radical (unpaired) electrons. The summed E-state index contributed by atoms with van der Waals surface area (Å²) >= 11 is 2.96. The summed E-state index contributed by atoms with van der Waals surface area (Å²) in [6.07, 6.45) is -2.80. The average Bonchev–Trinajstić information content (AvgIpc) is 3.12. The summed E-state index contributed by atoms with van der Waals surface area (Å²) in [7, 11) is 0. The van der Waals surface area contributed by atoms with Gasteiger partial charge in [0.25, 0.3) is 5.56 Å². The van der Waals surface area contributed by atoms with Crippen molar-refractivity contribution in [2.45, 2.75) is 29.5 Å². The van der Waals surface area contributed by atoms with E-state index in [2.05, 4.69) is 10.1 Å². The van der Waals surface area contributed by atoms with Gasteiger partial charge in [-0.05, 0) is 12.1 Å². The van der Waals surface area contributed by atoms with Crippen LogP contribution in [0.1, 0.15) is 19.4 Å². The number of H-pyrrole nitrogens is 1. The van der Waals surface area contributed by atoms with Crippen molar-refractivity contribution in [1.82, 2.24) is 14.8 Å². The molecule has 0 aliphatic rings. The first-order valence-electron chi connectivity index (χ1n) is 7.37. The van der Waals surface area contributed by atoms with E-state index in [9.17, 15) is 18.0 Å². The number of alkyl halides is 3. The monoisotopic (exact) mass is 385 g/mol. The normalized spacial score (nSPS) is 12.1. The van der Waals surface area contributed by atoms with Crippen LogP contribution in [0.15, 0.2) is 45.5 Å². The van der Waals surface area contributed by atoms with Crippen molar-refractivity contribution in [2.75, 3.05) is 0 Å². The number of hydrogen-bond donors (Lipinski definition) is 1. The summed E-state index contributed by atoms with van der Waals surface area (Å²) in [5.74, 6) is 0. The van der Waals surface area contributed by atoms with Crippen molar-refractivity contribution in [3.05, 3.63) is 52.4 Å². The zero-order valence-electron chi connectivity index (χ0n) is 13.3. The Morgan fingerprint density at radius 1 is 1.20 bits per heavy atom. The van der Waals surface area contributed by atoms with E-state index in [1.165, 1.54) is 34.2 Å². The third-order valence-electron chi connectivity index (χ3n) is 3.22. The molecule has 0 spiro atoms. The fraction of sp³-hybridized carbons (Fsp3) is 0.250. The quantitative estimate of drug-likeness (QED) is 0.656. The van der Waals surface area contributed by atoms with Crippen molar-refractivity contribution in [3.8, 4) is 16.4 Å². The second kappa shape index (κ2) is 6.72. The minimum atomic E-state index is -4.37. The van der Waals surface area contributed by atoms with Crippen LogP contribution in [0.3, 0.4) is 0 Å². The molecule has 0 aliphatic heterocycles. The molecule has 0 unspecified atom stereocenters. The second-order valence-corrected chi connectivity index (χ2v) is 8.36. The molecule has 2 heterocycles. The number of nitrogens with one attached hydrogen (secondary N) is 1. The maximum atomic E-state index is 12.7. The fourth-order valence-electron chi connectivity index (χ4n) is 2.14. The van der Waals surface area contributed by atoms with Crippen molar-refractivity contribution >= 4 is 23.1 Å². The molecule has 0 aliphatic carbocycles. The van der Waals surface area contributed by atoms with Crippen molar-refractivity contribution < 1.29 is 13.2 Å². The zero-order valence-corrected chi connectivity index (χ0v) is 14.9. The number of thiazole rings is 1. The highest BCUT2D eigenvalue weighted by atomic mass is 32.2. The van der Waals surface area contributed by atoms with Gasteiger partial charge in [0.05, 0.1) is 15.5 Å². The Balaban J connectivity index is 2.04. The van der Waals surface area contributed by atoms with Gasteiger partial charge in [0.1, 0.15) is 0 Å². The molecule has 1 N–H and O–H groups in total. The molecular formula is C16H14F3N3OS2. The fourth-order valence-corrected chi connectivity index (χ4v) is 4.60. The standard InChI is InChI=1S/C16H14F3N3OS2/c1-9(2)24-14-13(10-3-5-11(6-4-10)16(17,18)19)20-15(25-14)22-8-7-12(23)21-22/h3-9H,1-2H3,(H,21,23). The third-order valence-corrected chi connectivity index (χ3v) is 5.49. The first kappa shape index (κ1) is 17.8. The maximum absolute atomic E-state index is 12.7. The highest BCUT2D eigenvalue weighted by Crippen LogP contribution is 2.40. The van der Waals surface area contributed by atoms with Gasteiger partial charge in [-0.2, -0.15) is 13.2 Å². The molecule has 0 saturated heterocycles. The number of aromatic nitrogens is 3. The first-order chi connectivity index (χ1) is 11.7. The molecule has 0 bridgehead atoms. The molecule has 0 saturated carbocycles. The summed E-state index contributed by atoms with van der Waals surface area (Å²) in [6, 6.07) is 6.33. The van der Waals surface area contributed by atoms with Crippen molar-refractivity contribution in [1.29, 1.82) is 0 Å². The van der Waals surface area contributed by atoms with Crippen LogP contribution in [0.2, 0.25) is 0 Å². The van der Waals surface area contributed by atoms with E-state index in [4.69, 9.17) is 0 Å². The maximum Gasteiger partial charge on any atom is 0.416 e. The third kappa shape index (κ3) is 3.98. The van der Waals surface area contributed by atoms with Crippen LogP contribution in [0, 0.1) is 0 Å². The van der Waals surface area contributed by atoms with E-state index < -0.39 is 11.7 Å².